The van der Waals surface area contributed by atoms with Gasteiger partial charge in [-0.2, -0.15) is 0 Å². The summed E-state index contributed by atoms with van der Waals surface area (Å²) < 4.78 is 26.3. The first-order valence-electron chi connectivity index (χ1n) is 26.8. The topological polar surface area (TPSA) is 65.7 Å². The number of fused-ring (bicyclic) bond motifs is 5. The molecule has 0 radical (unpaired) electrons. The quantitative estimate of drug-likeness (QED) is 0.166. The maximum absolute atomic E-state index is 5.29. The van der Waals surface area contributed by atoms with Crippen molar-refractivity contribution >= 4 is 54.8 Å². The lowest BCUT2D eigenvalue weighted by Crippen LogP contribution is -2.10. The van der Waals surface area contributed by atoms with Crippen LogP contribution in [-0.2, 0) is 18.3 Å². The van der Waals surface area contributed by atoms with Crippen LogP contribution in [0.15, 0.2) is 175 Å². The molecule has 0 bridgehead atoms. The third-order valence-corrected chi connectivity index (χ3v) is 11.1. The van der Waals surface area contributed by atoms with Gasteiger partial charge in [0.25, 0.3) is 0 Å². The van der Waals surface area contributed by atoms with Crippen molar-refractivity contribution in [2.75, 3.05) is 0 Å². The smallest absolute Gasteiger partial charge is 0.133 e. The minimum atomic E-state index is 0.214. The molecule has 0 aliphatic rings. The zero-order valence-corrected chi connectivity index (χ0v) is 47.5. The van der Waals surface area contributed by atoms with E-state index in [2.05, 4.69) is 129 Å². The number of rotatable bonds is 6. The molecule has 0 aliphatic heterocycles. The van der Waals surface area contributed by atoms with Crippen LogP contribution in [0.25, 0.3) is 54.8 Å². The molecule has 0 aliphatic carbocycles. The van der Waals surface area contributed by atoms with Gasteiger partial charge in [-0.15, -0.1) is 0 Å². The standard InChI is InChI=1S/2C12H14O.2C11H12O.C10H10O.5C2H6/c1-12(2,3)10-4-5-11-9(8-10)6-7-13-11;1-3-9(2)10-4-5-12-11(8-10)6-7-13-12;1-8(2)9-3-4-11-10(7-9)5-6-12-11;1-2-3-9-4-5-11-10(8-9)6-7-12-11;1-2-8-3-4-10-9(7-8)5-6-11-10;5*1-2/h4-8H,1-3H3;4-9H,3H2,1-2H3;3-8H,1-2H3;4-8H,2-3H2,1H3;3-7H,2H2,1H3;5*1-2H3. The fourth-order valence-corrected chi connectivity index (χ4v) is 7.00. The van der Waals surface area contributed by atoms with Crippen molar-refractivity contribution in [3.8, 4) is 0 Å². The van der Waals surface area contributed by atoms with E-state index in [0.717, 1.165) is 40.8 Å². The Bertz CT molecular complexity index is 2850. The van der Waals surface area contributed by atoms with Crippen molar-refractivity contribution in [2.24, 2.45) is 0 Å². The molecule has 5 nitrogen and oxygen atoms in total. The summed E-state index contributed by atoms with van der Waals surface area (Å²) in [5.74, 6) is 1.23. The Morgan fingerprint density at radius 2 is 0.718 bits per heavy atom. The van der Waals surface area contributed by atoms with Crippen molar-refractivity contribution in [1.29, 1.82) is 0 Å². The first kappa shape index (κ1) is 62.8. The van der Waals surface area contributed by atoms with Crippen LogP contribution in [-0.4, -0.2) is 0 Å². The van der Waals surface area contributed by atoms with E-state index in [1.165, 1.54) is 67.6 Å². The summed E-state index contributed by atoms with van der Waals surface area (Å²) in [6.45, 7) is 39.9. The molecular weight excluding hydrogens is 873 g/mol. The number of hydrogen-bond acceptors (Lipinski definition) is 5. The molecular formula is C66H92O5. The molecule has 5 aromatic heterocycles. The monoisotopic (exact) mass is 965 g/mol. The number of hydrogen-bond donors (Lipinski definition) is 0. The molecule has 10 aromatic rings. The highest BCUT2D eigenvalue weighted by Gasteiger charge is 2.14. The minimum absolute atomic E-state index is 0.214. The van der Waals surface area contributed by atoms with Gasteiger partial charge in [0.1, 0.15) is 27.9 Å². The number of furan rings is 5. The fraction of sp³-hybridized carbons (Fsp3) is 0.394. The van der Waals surface area contributed by atoms with Crippen LogP contribution < -0.4 is 0 Å². The Hall–Kier alpha value is -6.20. The summed E-state index contributed by atoms with van der Waals surface area (Å²) in [7, 11) is 0. The van der Waals surface area contributed by atoms with Gasteiger partial charge >= 0.3 is 0 Å². The third-order valence-electron chi connectivity index (χ3n) is 11.1. The molecule has 5 heteroatoms. The minimum Gasteiger partial charge on any atom is -0.464 e. The number of benzene rings is 5. The van der Waals surface area contributed by atoms with Crippen molar-refractivity contribution < 1.29 is 22.1 Å². The fourth-order valence-electron chi connectivity index (χ4n) is 7.00. The molecule has 0 N–H and O–H groups in total. The van der Waals surface area contributed by atoms with E-state index < -0.39 is 0 Å². The van der Waals surface area contributed by atoms with E-state index in [1.54, 1.807) is 31.3 Å². The zero-order valence-electron chi connectivity index (χ0n) is 47.5. The van der Waals surface area contributed by atoms with Crippen molar-refractivity contribution in [3.05, 3.63) is 180 Å². The SMILES string of the molecule is CC.CC.CC.CC.CC.CC(C)(C)c1ccc2occc2c1.CC(C)c1ccc2occc2c1.CCC(C)c1ccc2occc2c1.CCCc1ccc2occc2c1.CCc1ccc2occc2c1. The van der Waals surface area contributed by atoms with E-state index >= 15 is 0 Å². The van der Waals surface area contributed by atoms with Crippen LogP contribution in [0.4, 0.5) is 0 Å². The van der Waals surface area contributed by atoms with Crippen LogP contribution in [0.1, 0.15) is 184 Å². The van der Waals surface area contributed by atoms with Crippen LogP contribution in [0.3, 0.4) is 0 Å². The Labute approximate surface area is 430 Å². The molecule has 5 heterocycles. The Morgan fingerprint density at radius 3 is 1.10 bits per heavy atom. The third kappa shape index (κ3) is 20.2. The zero-order chi connectivity index (χ0) is 53.4. The summed E-state index contributed by atoms with van der Waals surface area (Å²) >= 11 is 0. The van der Waals surface area contributed by atoms with Crippen LogP contribution in [0.2, 0.25) is 0 Å². The Balaban J connectivity index is 0.000000425. The van der Waals surface area contributed by atoms with Crippen molar-refractivity contribution in [2.45, 2.75) is 174 Å². The Kier molecular flexibility index (Phi) is 31.0. The van der Waals surface area contributed by atoms with E-state index in [0.29, 0.717) is 11.8 Å². The second-order valence-electron chi connectivity index (χ2n) is 17.0. The summed E-state index contributed by atoms with van der Waals surface area (Å²) in [5, 5.41) is 6.00. The molecule has 5 aromatic carbocycles. The summed E-state index contributed by atoms with van der Waals surface area (Å²) in [6, 6.07) is 41.8. The molecule has 0 spiro atoms. The van der Waals surface area contributed by atoms with Gasteiger partial charge in [-0.3, -0.25) is 0 Å². The van der Waals surface area contributed by atoms with Gasteiger partial charge in [-0.05, 0) is 155 Å². The van der Waals surface area contributed by atoms with Gasteiger partial charge in [-0.25, -0.2) is 0 Å². The van der Waals surface area contributed by atoms with Crippen LogP contribution in [0.5, 0.6) is 0 Å². The summed E-state index contributed by atoms with van der Waals surface area (Å²) in [5.41, 5.74) is 12.0. The molecule has 71 heavy (non-hydrogen) atoms. The van der Waals surface area contributed by atoms with E-state index in [-0.39, 0.29) is 5.41 Å². The van der Waals surface area contributed by atoms with Crippen molar-refractivity contribution in [3.63, 3.8) is 0 Å². The second-order valence-corrected chi connectivity index (χ2v) is 17.0. The van der Waals surface area contributed by atoms with Gasteiger partial charge in [0.2, 0.25) is 0 Å². The summed E-state index contributed by atoms with van der Waals surface area (Å²) in [6.07, 6.45) is 13.3. The van der Waals surface area contributed by atoms with E-state index in [4.69, 9.17) is 22.1 Å². The molecule has 0 saturated heterocycles. The molecule has 1 unspecified atom stereocenters. The average molecular weight is 965 g/mol. The van der Waals surface area contributed by atoms with Crippen LogP contribution >= 0.6 is 0 Å². The highest BCUT2D eigenvalue weighted by atomic mass is 16.3. The maximum Gasteiger partial charge on any atom is 0.133 e. The molecule has 1 atom stereocenters. The van der Waals surface area contributed by atoms with Crippen molar-refractivity contribution in [1.82, 2.24) is 0 Å². The molecule has 0 amide bonds. The highest BCUT2D eigenvalue weighted by molar-refractivity contribution is 5.80. The molecule has 10 rings (SSSR count). The lowest BCUT2D eigenvalue weighted by molar-refractivity contribution is 0.589. The van der Waals surface area contributed by atoms with Gasteiger partial charge in [0.15, 0.2) is 0 Å². The number of aryl methyl sites for hydroxylation is 2. The highest BCUT2D eigenvalue weighted by Crippen LogP contribution is 2.27. The van der Waals surface area contributed by atoms with Gasteiger partial charge in [0, 0.05) is 26.9 Å². The maximum atomic E-state index is 5.29. The lowest BCUT2D eigenvalue weighted by Gasteiger charge is -2.18. The molecule has 0 fully saturated rings. The molecule has 0 saturated carbocycles. The van der Waals surface area contributed by atoms with Gasteiger partial charge < -0.3 is 22.1 Å². The van der Waals surface area contributed by atoms with Gasteiger partial charge in [-0.1, -0.05) is 168 Å². The van der Waals surface area contributed by atoms with Crippen LogP contribution in [0, 0.1) is 0 Å². The lowest BCUT2D eigenvalue weighted by atomic mass is 9.87. The second kappa shape index (κ2) is 35.0. The predicted molar refractivity (Wildman–Crippen MR) is 313 cm³/mol. The first-order valence-corrected chi connectivity index (χ1v) is 26.8. The summed E-state index contributed by atoms with van der Waals surface area (Å²) in [4.78, 5) is 0. The largest absolute Gasteiger partial charge is 0.464 e. The van der Waals surface area contributed by atoms with Gasteiger partial charge in [0.05, 0.1) is 31.3 Å². The average Bonchev–Trinajstić information content (AvgIpc) is 4.30. The predicted octanol–water partition coefficient (Wildman–Crippen LogP) is 22.7. The Morgan fingerprint density at radius 1 is 0.380 bits per heavy atom. The molecule has 386 valence electrons. The van der Waals surface area contributed by atoms with E-state index in [1.807, 2.05) is 124 Å². The normalized spacial score (nSPS) is 10.5. The van der Waals surface area contributed by atoms with E-state index in [9.17, 15) is 0 Å². The first-order chi connectivity index (χ1) is 34.4.